The molecule has 1 amide bonds. The smallest absolute Gasteiger partial charge is 0.251 e. The van der Waals surface area contributed by atoms with E-state index >= 15 is 0 Å². The predicted molar refractivity (Wildman–Crippen MR) is 95.4 cm³/mol. The Kier molecular flexibility index (Phi) is 5.73. The van der Waals surface area contributed by atoms with Gasteiger partial charge in [-0.15, -0.1) is 0 Å². The van der Waals surface area contributed by atoms with Crippen LogP contribution in [0.25, 0.3) is 11.0 Å². The van der Waals surface area contributed by atoms with Gasteiger partial charge in [0.05, 0.1) is 36.4 Å². The maximum Gasteiger partial charge on any atom is 0.251 e. The van der Waals surface area contributed by atoms with Gasteiger partial charge in [0.25, 0.3) is 5.91 Å². The van der Waals surface area contributed by atoms with Crippen LogP contribution in [0.4, 0.5) is 0 Å². The highest BCUT2D eigenvalue weighted by Gasteiger charge is 2.28. The van der Waals surface area contributed by atoms with Crippen LogP contribution in [0.1, 0.15) is 30.6 Å². The lowest BCUT2D eigenvalue weighted by atomic mass is 10.1. The molecule has 6 nitrogen and oxygen atoms in total. The van der Waals surface area contributed by atoms with Crippen molar-refractivity contribution in [3.8, 4) is 0 Å². The van der Waals surface area contributed by atoms with E-state index in [1.165, 1.54) is 5.57 Å². The van der Waals surface area contributed by atoms with Crippen molar-refractivity contribution in [1.82, 2.24) is 15.3 Å². The monoisotopic (exact) mass is 341 g/mol. The first kappa shape index (κ1) is 17.5. The molecule has 132 valence electrons. The topological polar surface area (TPSA) is 73.3 Å². The Morgan fingerprint density at radius 1 is 1.32 bits per heavy atom. The van der Waals surface area contributed by atoms with Gasteiger partial charge in [-0.3, -0.25) is 14.8 Å². The van der Waals surface area contributed by atoms with E-state index in [1.807, 2.05) is 19.9 Å². The number of nitrogens with one attached hydrogen (secondary N) is 1. The van der Waals surface area contributed by atoms with Gasteiger partial charge in [0, 0.05) is 24.6 Å². The van der Waals surface area contributed by atoms with E-state index in [1.54, 1.807) is 30.6 Å². The molecule has 0 aliphatic carbocycles. The SMILES string of the molecule is CC(C)=CCOC1CCOCC1NC(=O)c1ccc2nccnc2c1. The molecule has 2 unspecified atom stereocenters. The molecule has 0 bridgehead atoms. The fraction of sp³-hybridized carbons (Fsp3) is 0.421. The third-order valence-electron chi connectivity index (χ3n) is 4.14. The average molecular weight is 341 g/mol. The molecule has 0 spiro atoms. The number of rotatable bonds is 5. The van der Waals surface area contributed by atoms with Gasteiger partial charge in [0.2, 0.25) is 0 Å². The van der Waals surface area contributed by atoms with Crippen molar-refractivity contribution in [2.24, 2.45) is 0 Å². The van der Waals surface area contributed by atoms with Crippen LogP contribution >= 0.6 is 0 Å². The summed E-state index contributed by atoms with van der Waals surface area (Å²) in [5.41, 5.74) is 3.24. The van der Waals surface area contributed by atoms with E-state index in [9.17, 15) is 4.79 Å². The second-order valence-corrected chi connectivity index (χ2v) is 6.36. The number of hydrogen-bond acceptors (Lipinski definition) is 5. The number of aromatic nitrogens is 2. The summed E-state index contributed by atoms with van der Waals surface area (Å²) in [7, 11) is 0. The van der Waals surface area contributed by atoms with Crippen LogP contribution < -0.4 is 5.32 Å². The van der Waals surface area contributed by atoms with Crippen LogP contribution in [-0.4, -0.2) is 47.8 Å². The highest BCUT2D eigenvalue weighted by molar-refractivity contribution is 5.97. The van der Waals surface area contributed by atoms with Crippen LogP contribution in [0.3, 0.4) is 0 Å². The van der Waals surface area contributed by atoms with Crippen molar-refractivity contribution in [2.45, 2.75) is 32.4 Å². The zero-order valence-corrected chi connectivity index (χ0v) is 14.6. The van der Waals surface area contributed by atoms with E-state index in [0.717, 1.165) is 11.9 Å². The Balaban J connectivity index is 1.67. The lowest BCUT2D eigenvalue weighted by Gasteiger charge is -2.31. The molecular formula is C19H23N3O3. The number of carbonyl (C=O) groups is 1. The van der Waals surface area contributed by atoms with E-state index in [2.05, 4.69) is 15.3 Å². The number of allylic oxidation sites excluding steroid dienone is 1. The predicted octanol–water partition coefficient (Wildman–Crippen LogP) is 2.50. The normalized spacial score (nSPS) is 20.2. The number of carbonyl (C=O) groups excluding carboxylic acids is 1. The summed E-state index contributed by atoms with van der Waals surface area (Å²) in [5, 5.41) is 3.03. The third-order valence-corrected chi connectivity index (χ3v) is 4.14. The van der Waals surface area contributed by atoms with Crippen LogP contribution in [0.2, 0.25) is 0 Å². The van der Waals surface area contributed by atoms with Crippen molar-refractivity contribution >= 4 is 16.9 Å². The molecule has 1 fully saturated rings. The fourth-order valence-electron chi connectivity index (χ4n) is 2.75. The minimum Gasteiger partial charge on any atom is -0.379 e. The molecule has 1 saturated heterocycles. The maximum absolute atomic E-state index is 12.6. The molecule has 2 atom stereocenters. The van der Waals surface area contributed by atoms with Gasteiger partial charge in [-0.1, -0.05) is 11.6 Å². The molecule has 2 aromatic rings. The number of ether oxygens (including phenoxy) is 2. The molecule has 3 rings (SSSR count). The molecule has 0 saturated carbocycles. The summed E-state index contributed by atoms with van der Waals surface area (Å²) in [5.74, 6) is -0.154. The largest absolute Gasteiger partial charge is 0.379 e. The number of amides is 1. The Morgan fingerprint density at radius 3 is 2.92 bits per heavy atom. The highest BCUT2D eigenvalue weighted by atomic mass is 16.5. The molecule has 2 heterocycles. The first-order valence-corrected chi connectivity index (χ1v) is 8.48. The zero-order chi connectivity index (χ0) is 17.6. The highest BCUT2D eigenvalue weighted by Crippen LogP contribution is 2.15. The summed E-state index contributed by atoms with van der Waals surface area (Å²) in [6.45, 7) is 5.73. The van der Waals surface area contributed by atoms with E-state index < -0.39 is 0 Å². The molecule has 1 aliphatic heterocycles. The summed E-state index contributed by atoms with van der Waals surface area (Å²) < 4.78 is 11.4. The van der Waals surface area contributed by atoms with Crippen LogP contribution in [0.5, 0.6) is 0 Å². The molecule has 1 aliphatic rings. The summed E-state index contributed by atoms with van der Waals surface area (Å²) in [4.78, 5) is 21.1. The summed E-state index contributed by atoms with van der Waals surface area (Å²) >= 11 is 0. The zero-order valence-electron chi connectivity index (χ0n) is 14.6. The molecule has 0 radical (unpaired) electrons. The Labute approximate surface area is 147 Å². The number of nitrogens with zero attached hydrogens (tertiary/aromatic N) is 2. The second kappa shape index (κ2) is 8.18. The number of fused-ring (bicyclic) bond motifs is 1. The first-order chi connectivity index (χ1) is 12.1. The number of hydrogen-bond donors (Lipinski definition) is 1. The Bertz CT molecular complexity index is 771. The summed E-state index contributed by atoms with van der Waals surface area (Å²) in [6.07, 6.45) is 6.01. The molecule has 6 heteroatoms. The van der Waals surface area contributed by atoms with Gasteiger partial charge in [-0.25, -0.2) is 0 Å². The Hall–Kier alpha value is -2.31. The van der Waals surface area contributed by atoms with E-state index in [0.29, 0.717) is 30.9 Å². The minimum absolute atomic E-state index is 0.0476. The average Bonchev–Trinajstić information content (AvgIpc) is 2.62. The van der Waals surface area contributed by atoms with Crippen molar-refractivity contribution in [2.75, 3.05) is 19.8 Å². The maximum atomic E-state index is 12.6. The van der Waals surface area contributed by atoms with Crippen molar-refractivity contribution in [3.63, 3.8) is 0 Å². The molecular weight excluding hydrogens is 318 g/mol. The molecule has 1 N–H and O–H groups in total. The lowest BCUT2D eigenvalue weighted by molar-refractivity contribution is -0.0457. The van der Waals surface area contributed by atoms with Crippen molar-refractivity contribution in [1.29, 1.82) is 0 Å². The molecule has 1 aromatic heterocycles. The summed E-state index contributed by atoms with van der Waals surface area (Å²) in [6, 6.07) is 5.15. The lowest BCUT2D eigenvalue weighted by Crippen LogP contribution is -2.50. The second-order valence-electron chi connectivity index (χ2n) is 6.36. The Morgan fingerprint density at radius 2 is 2.12 bits per heavy atom. The van der Waals surface area contributed by atoms with Gasteiger partial charge in [-0.05, 0) is 38.5 Å². The first-order valence-electron chi connectivity index (χ1n) is 8.48. The van der Waals surface area contributed by atoms with Crippen molar-refractivity contribution in [3.05, 3.63) is 47.8 Å². The van der Waals surface area contributed by atoms with Gasteiger partial charge in [0.1, 0.15) is 0 Å². The van der Waals surface area contributed by atoms with Gasteiger partial charge in [-0.2, -0.15) is 0 Å². The van der Waals surface area contributed by atoms with Gasteiger partial charge < -0.3 is 14.8 Å². The molecule has 1 aromatic carbocycles. The van der Waals surface area contributed by atoms with Gasteiger partial charge >= 0.3 is 0 Å². The molecule has 25 heavy (non-hydrogen) atoms. The van der Waals surface area contributed by atoms with Crippen LogP contribution in [0.15, 0.2) is 42.2 Å². The standard InChI is InChI=1S/C19H23N3O3/c1-13(2)5-10-25-18-6-9-24-12-17(18)22-19(23)14-3-4-15-16(11-14)21-8-7-20-15/h3-5,7-8,11,17-18H,6,9-10,12H2,1-2H3,(H,22,23). The van der Waals surface area contributed by atoms with E-state index in [4.69, 9.17) is 9.47 Å². The van der Waals surface area contributed by atoms with Crippen molar-refractivity contribution < 1.29 is 14.3 Å². The third kappa shape index (κ3) is 4.61. The fourth-order valence-corrected chi connectivity index (χ4v) is 2.75. The van der Waals surface area contributed by atoms with Crippen LogP contribution in [0, 0.1) is 0 Å². The minimum atomic E-state index is -0.163. The van der Waals surface area contributed by atoms with E-state index in [-0.39, 0.29) is 18.1 Å². The number of benzene rings is 1. The van der Waals surface area contributed by atoms with Gasteiger partial charge in [0.15, 0.2) is 0 Å². The van der Waals surface area contributed by atoms with Crippen LogP contribution in [-0.2, 0) is 9.47 Å². The quantitative estimate of drug-likeness (QED) is 0.846.